The van der Waals surface area contributed by atoms with Gasteiger partial charge in [-0.15, -0.1) is 0 Å². The average molecular weight is 484 g/mol. The van der Waals surface area contributed by atoms with Crippen LogP contribution < -0.4 is 5.73 Å². The summed E-state index contributed by atoms with van der Waals surface area (Å²) in [7, 11) is 0. The van der Waals surface area contributed by atoms with Crippen LogP contribution in [-0.2, 0) is 6.42 Å². The highest BCUT2D eigenvalue weighted by Gasteiger charge is 2.16. The standard InChI is InChI=1S/C25H18BrN5O/c26-21-5-1-4-20(29-21)24-23(18-10-11-19-17(14-18)3-2-12-28-19)30-22(31-24)13-15-6-8-16(9-7-15)25(27)32/h1-12,14H,13H2,(H2,27,32)(H,30,31). The summed E-state index contributed by atoms with van der Waals surface area (Å²) in [4.78, 5) is 28.8. The van der Waals surface area contributed by atoms with E-state index in [0.717, 1.165) is 49.5 Å². The van der Waals surface area contributed by atoms with Gasteiger partial charge in [-0.2, -0.15) is 0 Å². The molecule has 1 amide bonds. The molecule has 2 aromatic carbocycles. The van der Waals surface area contributed by atoms with E-state index in [-0.39, 0.29) is 0 Å². The maximum absolute atomic E-state index is 11.3. The topological polar surface area (TPSA) is 97.6 Å². The Labute approximate surface area is 192 Å². The Morgan fingerprint density at radius 3 is 2.59 bits per heavy atom. The third-order valence-corrected chi connectivity index (χ3v) is 5.65. The number of imidazole rings is 1. The monoisotopic (exact) mass is 483 g/mol. The molecule has 0 saturated carbocycles. The van der Waals surface area contributed by atoms with Crippen LogP contribution in [0.2, 0.25) is 0 Å². The van der Waals surface area contributed by atoms with Crippen LogP contribution in [0.4, 0.5) is 0 Å². The zero-order chi connectivity index (χ0) is 22.1. The van der Waals surface area contributed by atoms with E-state index in [4.69, 9.17) is 10.7 Å². The fourth-order valence-electron chi connectivity index (χ4n) is 3.65. The highest BCUT2D eigenvalue weighted by Crippen LogP contribution is 2.32. The minimum absolute atomic E-state index is 0.439. The number of primary amides is 1. The number of carbonyl (C=O) groups excluding carboxylic acids is 1. The highest BCUT2D eigenvalue weighted by atomic mass is 79.9. The van der Waals surface area contributed by atoms with E-state index in [2.05, 4.69) is 36.9 Å². The van der Waals surface area contributed by atoms with Crippen molar-refractivity contribution < 1.29 is 4.79 Å². The smallest absolute Gasteiger partial charge is 0.248 e. The van der Waals surface area contributed by atoms with Crippen molar-refractivity contribution in [3.8, 4) is 22.6 Å². The number of nitrogens with one attached hydrogen (secondary N) is 1. The molecule has 0 aliphatic rings. The Morgan fingerprint density at radius 1 is 0.969 bits per heavy atom. The third kappa shape index (κ3) is 4.02. The minimum atomic E-state index is -0.439. The molecule has 0 aliphatic carbocycles. The molecule has 156 valence electrons. The average Bonchev–Trinajstić information content (AvgIpc) is 3.23. The van der Waals surface area contributed by atoms with Crippen LogP contribution in [0, 0.1) is 0 Å². The summed E-state index contributed by atoms with van der Waals surface area (Å²) in [5.41, 5.74) is 11.2. The van der Waals surface area contributed by atoms with Gasteiger partial charge in [-0.3, -0.25) is 9.78 Å². The Bertz CT molecular complexity index is 1440. The highest BCUT2D eigenvalue weighted by molar-refractivity contribution is 9.10. The van der Waals surface area contributed by atoms with Crippen molar-refractivity contribution in [3.05, 3.63) is 101 Å². The van der Waals surface area contributed by atoms with Gasteiger partial charge in [0.05, 0.1) is 22.6 Å². The van der Waals surface area contributed by atoms with E-state index in [0.29, 0.717) is 12.0 Å². The summed E-state index contributed by atoms with van der Waals surface area (Å²) in [6, 6.07) is 23.1. The van der Waals surface area contributed by atoms with Gasteiger partial charge in [0.2, 0.25) is 5.91 Å². The maximum Gasteiger partial charge on any atom is 0.248 e. The van der Waals surface area contributed by atoms with Crippen molar-refractivity contribution in [3.63, 3.8) is 0 Å². The second-order valence-electron chi connectivity index (χ2n) is 7.40. The Morgan fingerprint density at radius 2 is 1.81 bits per heavy atom. The zero-order valence-electron chi connectivity index (χ0n) is 16.9. The molecule has 3 N–H and O–H groups in total. The summed E-state index contributed by atoms with van der Waals surface area (Å²) < 4.78 is 0.752. The fraction of sp³-hybridized carbons (Fsp3) is 0.0400. The van der Waals surface area contributed by atoms with E-state index in [9.17, 15) is 4.79 Å². The van der Waals surface area contributed by atoms with Gasteiger partial charge in [-0.1, -0.05) is 30.3 Å². The number of hydrogen-bond donors (Lipinski definition) is 2. The lowest BCUT2D eigenvalue weighted by Crippen LogP contribution is -2.10. The van der Waals surface area contributed by atoms with Crippen molar-refractivity contribution in [2.24, 2.45) is 5.73 Å². The predicted octanol–water partition coefficient (Wildman–Crippen LogP) is 5.14. The van der Waals surface area contributed by atoms with Gasteiger partial charge in [0.15, 0.2) is 0 Å². The van der Waals surface area contributed by atoms with Crippen LogP contribution in [0.25, 0.3) is 33.5 Å². The Hall–Kier alpha value is -3.84. The third-order valence-electron chi connectivity index (χ3n) is 5.21. The molecule has 32 heavy (non-hydrogen) atoms. The second kappa shape index (κ2) is 8.36. The molecule has 7 heteroatoms. The van der Waals surface area contributed by atoms with Gasteiger partial charge in [-0.25, -0.2) is 9.97 Å². The van der Waals surface area contributed by atoms with Gasteiger partial charge < -0.3 is 10.7 Å². The molecule has 0 aliphatic heterocycles. The summed E-state index contributed by atoms with van der Waals surface area (Å²) in [5.74, 6) is 0.362. The van der Waals surface area contributed by atoms with Crippen LogP contribution in [0.1, 0.15) is 21.7 Å². The number of aromatic amines is 1. The number of pyridine rings is 2. The van der Waals surface area contributed by atoms with Crippen LogP contribution in [0.5, 0.6) is 0 Å². The largest absolute Gasteiger partial charge is 0.366 e. The van der Waals surface area contributed by atoms with E-state index in [1.165, 1.54) is 0 Å². The molecule has 0 atom stereocenters. The summed E-state index contributed by atoms with van der Waals surface area (Å²) in [5, 5.41) is 1.05. The molecule has 0 saturated heterocycles. The predicted molar refractivity (Wildman–Crippen MR) is 128 cm³/mol. The lowest BCUT2D eigenvalue weighted by Gasteiger charge is -2.04. The first-order valence-corrected chi connectivity index (χ1v) is 10.8. The molecule has 0 radical (unpaired) electrons. The Balaban J connectivity index is 1.59. The number of nitrogens with two attached hydrogens (primary N) is 1. The number of carbonyl (C=O) groups is 1. The molecule has 3 heterocycles. The van der Waals surface area contributed by atoms with Gasteiger partial charge in [0.25, 0.3) is 0 Å². The molecule has 5 rings (SSSR count). The molecule has 0 spiro atoms. The van der Waals surface area contributed by atoms with Crippen molar-refractivity contribution in [1.29, 1.82) is 0 Å². The van der Waals surface area contributed by atoms with Crippen LogP contribution >= 0.6 is 15.9 Å². The molecule has 0 bridgehead atoms. The van der Waals surface area contributed by atoms with Gasteiger partial charge in [-0.05, 0) is 64.0 Å². The number of aromatic nitrogens is 4. The number of fused-ring (bicyclic) bond motifs is 1. The normalized spacial score (nSPS) is 11.0. The van der Waals surface area contributed by atoms with Crippen molar-refractivity contribution in [2.75, 3.05) is 0 Å². The first-order chi connectivity index (χ1) is 15.6. The minimum Gasteiger partial charge on any atom is -0.366 e. The van der Waals surface area contributed by atoms with E-state index in [1.54, 1.807) is 18.3 Å². The molecule has 0 unspecified atom stereocenters. The van der Waals surface area contributed by atoms with Crippen molar-refractivity contribution in [1.82, 2.24) is 19.9 Å². The Kier molecular flexibility index (Phi) is 5.25. The van der Waals surface area contributed by atoms with Gasteiger partial charge >= 0.3 is 0 Å². The van der Waals surface area contributed by atoms with E-state index in [1.807, 2.05) is 54.6 Å². The first kappa shape index (κ1) is 20.1. The summed E-state index contributed by atoms with van der Waals surface area (Å²) in [6.45, 7) is 0. The molecule has 0 fully saturated rings. The maximum atomic E-state index is 11.3. The number of rotatable bonds is 5. The molecule has 5 aromatic rings. The molecule has 3 aromatic heterocycles. The number of nitrogens with zero attached hydrogens (tertiary/aromatic N) is 3. The first-order valence-electron chi connectivity index (χ1n) is 10.0. The molecule has 6 nitrogen and oxygen atoms in total. The van der Waals surface area contributed by atoms with Gasteiger partial charge in [0, 0.05) is 29.1 Å². The number of hydrogen-bond acceptors (Lipinski definition) is 4. The number of amides is 1. The van der Waals surface area contributed by atoms with E-state index < -0.39 is 5.91 Å². The fourth-order valence-corrected chi connectivity index (χ4v) is 3.99. The second-order valence-corrected chi connectivity index (χ2v) is 8.21. The van der Waals surface area contributed by atoms with Crippen LogP contribution in [0.15, 0.2) is 83.6 Å². The molecular weight excluding hydrogens is 466 g/mol. The van der Waals surface area contributed by atoms with Gasteiger partial charge in [0.1, 0.15) is 10.4 Å². The number of H-pyrrole nitrogens is 1. The lowest BCUT2D eigenvalue weighted by molar-refractivity contribution is 0.100. The van der Waals surface area contributed by atoms with Crippen molar-refractivity contribution in [2.45, 2.75) is 6.42 Å². The van der Waals surface area contributed by atoms with Crippen molar-refractivity contribution >= 4 is 32.7 Å². The lowest BCUT2D eigenvalue weighted by atomic mass is 10.1. The van der Waals surface area contributed by atoms with Crippen LogP contribution in [0.3, 0.4) is 0 Å². The SMILES string of the molecule is NC(=O)c1ccc(Cc2nc(-c3ccc4ncccc4c3)c(-c3cccc(Br)n3)[nH]2)cc1. The summed E-state index contributed by atoms with van der Waals surface area (Å²) in [6.07, 6.45) is 2.37. The molecular formula is C25H18BrN5O. The number of benzene rings is 2. The van der Waals surface area contributed by atoms with E-state index >= 15 is 0 Å². The number of halogens is 1. The zero-order valence-corrected chi connectivity index (χ0v) is 18.5. The quantitative estimate of drug-likeness (QED) is 0.338. The van der Waals surface area contributed by atoms with Crippen LogP contribution in [-0.4, -0.2) is 25.8 Å². The summed E-state index contributed by atoms with van der Waals surface area (Å²) >= 11 is 3.46.